The zero-order valence-electron chi connectivity index (χ0n) is 12.5. The molecule has 2 rings (SSSR count). The fraction of sp³-hybridized carbons (Fsp3) is 0.294. The molecular weight excluding hydrogens is 328 g/mol. The van der Waals surface area contributed by atoms with Gasteiger partial charge in [0, 0.05) is 23.3 Å². The van der Waals surface area contributed by atoms with Crippen LogP contribution in [0, 0.1) is 34.1 Å². The minimum Gasteiger partial charge on any atom is -0.457 e. The van der Waals surface area contributed by atoms with Crippen molar-refractivity contribution >= 4 is 11.4 Å². The summed E-state index contributed by atoms with van der Waals surface area (Å²) in [5.74, 6) is 0.874. The summed E-state index contributed by atoms with van der Waals surface area (Å²) in [4.78, 5) is 20.5. The zero-order valence-corrected chi connectivity index (χ0v) is 12.5. The predicted molar refractivity (Wildman–Crippen MR) is 95.3 cm³/mol. The van der Waals surface area contributed by atoms with E-state index in [2.05, 4.69) is 0 Å². The van der Waals surface area contributed by atoms with Crippen molar-refractivity contribution in [1.29, 1.82) is 0 Å². The predicted octanol–water partition coefficient (Wildman–Crippen LogP) is 4.81. The fourth-order valence-electron chi connectivity index (χ4n) is 2.01. The molecule has 0 aromatic heterocycles. The molecule has 25 heavy (non-hydrogen) atoms. The Labute approximate surface area is 146 Å². The second-order valence-electron chi connectivity index (χ2n) is 4.82. The normalized spacial score (nSPS) is 9.36. The highest BCUT2D eigenvalue weighted by Crippen LogP contribution is 2.25. The summed E-state index contributed by atoms with van der Waals surface area (Å²) < 4.78 is 10.7. The van der Waals surface area contributed by atoms with Crippen molar-refractivity contribution in [2.24, 2.45) is 0 Å². The third-order valence-corrected chi connectivity index (χ3v) is 3.18. The Hall–Kier alpha value is -3.16. The van der Waals surface area contributed by atoms with E-state index in [1.807, 2.05) is 0 Å². The van der Waals surface area contributed by atoms with Crippen LogP contribution in [0.15, 0.2) is 36.4 Å². The zero-order chi connectivity index (χ0) is 17.0. The first-order valence-corrected chi connectivity index (χ1v) is 6.64. The van der Waals surface area contributed by atoms with Crippen LogP contribution in [0.4, 0.5) is 11.4 Å². The molecule has 0 amide bonds. The number of benzene rings is 2. The molecule has 0 aliphatic carbocycles. The molecule has 0 heterocycles. The van der Waals surface area contributed by atoms with Gasteiger partial charge in [-0.15, -0.1) is 0 Å². The average Bonchev–Trinajstić information content (AvgIpc) is 2.46. The van der Waals surface area contributed by atoms with E-state index in [0.717, 1.165) is 0 Å². The summed E-state index contributed by atoms with van der Waals surface area (Å²) in [7, 11) is 0. The van der Waals surface area contributed by atoms with Crippen molar-refractivity contribution < 1.29 is 19.3 Å². The lowest BCUT2D eigenvalue weighted by Gasteiger charge is -2.09. The molecule has 8 heteroatoms. The summed E-state index contributed by atoms with van der Waals surface area (Å²) in [5.41, 5.74) is 1.01. The van der Waals surface area contributed by atoms with Crippen molar-refractivity contribution in [3.63, 3.8) is 0 Å². The molecule has 136 valence electrons. The van der Waals surface area contributed by atoms with Crippen LogP contribution in [-0.4, -0.2) is 16.6 Å². The van der Waals surface area contributed by atoms with Crippen molar-refractivity contribution in [2.45, 2.75) is 28.7 Å². The Balaban J connectivity index is 0.00000288. The van der Waals surface area contributed by atoms with Crippen LogP contribution in [0.3, 0.4) is 0 Å². The molecule has 0 radical (unpaired) electrons. The first-order chi connectivity index (χ1) is 10.9. The molecule has 0 bridgehead atoms. The maximum Gasteiger partial charge on any atom is 0.272 e. The number of hydrogen-bond donors (Lipinski definition) is 0. The van der Waals surface area contributed by atoms with E-state index in [0.29, 0.717) is 22.6 Å². The van der Waals surface area contributed by atoms with Gasteiger partial charge in [0.1, 0.15) is 11.5 Å². The third kappa shape index (κ3) is 5.45. The maximum absolute atomic E-state index is 10.7. The number of nitrogens with zero attached hydrogens (tertiary/aromatic N) is 2. The Morgan fingerprint density at radius 1 is 0.800 bits per heavy atom. The summed E-state index contributed by atoms with van der Waals surface area (Å²) in [6.07, 6.45) is 0. The Morgan fingerprint density at radius 3 is 1.44 bits per heavy atom. The lowest BCUT2D eigenvalue weighted by molar-refractivity contribution is -0.385. The number of nitro benzene ring substituents is 2. The van der Waals surface area contributed by atoms with Gasteiger partial charge in [0.15, 0.2) is 0 Å². The second kappa shape index (κ2) is 9.21. The van der Waals surface area contributed by atoms with E-state index >= 15 is 0 Å². The number of hydrogen-bond acceptors (Lipinski definition) is 6. The smallest absolute Gasteiger partial charge is 0.272 e. The molecule has 2 aromatic rings. The Bertz CT molecular complexity index is 697. The molecule has 0 N–H and O–H groups in total. The van der Waals surface area contributed by atoms with Gasteiger partial charge < -0.3 is 9.47 Å². The van der Waals surface area contributed by atoms with Crippen LogP contribution in [0.1, 0.15) is 26.0 Å². The quantitative estimate of drug-likeness (QED) is 0.420. The number of rotatable bonds is 6. The maximum atomic E-state index is 10.7. The van der Waals surface area contributed by atoms with Gasteiger partial charge in [-0.2, -0.15) is 0 Å². The van der Waals surface area contributed by atoms with Gasteiger partial charge in [0.05, 0.1) is 9.85 Å². The first-order valence-electron chi connectivity index (χ1n) is 6.64. The molecule has 0 spiro atoms. The molecule has 0 fully saturated rings. The number of ether oxygens (including phenoxy) is 2. The Morgan fingerprint density at radius 2 is 1.16 bits per heavy atom. The van der Waals surface area contributed by atoms with Crippen LogP contribution in [-0.2, 0) is 0 Å². The molecule has 8 nitrogen and oxygen atoms in total. The SMILES string of the molecule is C.C.Cc1cc(OCOc2ccc([N+](=O)[O-])c(C)c2)ccc1[N+](=O)[O-]. The van der Waals surface area contributed by atoms with E-state index in [1.54, 1.807) is 26.0 Å². The van der Waals surface area contributed by atoms with Crippen LogP contribution < -0.4 is 9.47 Å². The Kier molecular flexibility index (Phi) is 8.05. The summed E-state index contributed by atoms with van der Waals surface area (Å²) >= 11 is 0. The number of aryl methyl sites for hydroxylation is 2. The summed E-state index contributed by atoms with van der Waals surface area (Å²) in [6.45, 7) is 3.12. The van der Waals surface area contributed by atoms with Crippen LogP contribution >= 0.6 is 0 Å². The van der Waals surface area contributed by atoms with Gasteiger partial charge in [-0.1, -0.05) is 14.9 Å². The van der Waals surface area contributed by atoms with Gasteiger partial charge >= 0.3 is 0 Å². The molecule has 0 saturated heterocycles. The van der Waals surface area contributed by atoms with E-state index < -0.39 is 9.85 Å². The van der Waals surface area contributed by atoms with Crippen LogP contribution in [0.25, 0.3) is 0 Å². The topological polar surface area (TPSA) is 105 Å². The third-order valence-electron chi connectivity index (χ3n) is 3.18. The lowest BCUT2D eigenvalue weighted by Crippen LogP contribution is -2.06. The highest BCUT2D eigenvalue weighted by atomic mass is 16.7. The van der Waals surface area contributed by atoms with Crippen LogP contribution in [0.2, 0.25) is 0 Å². The molecule has 0 aliphatic heterocycles. The molecule has 0 aliphatic rings. The van der Waals surface area contributed by atoms with Gasteiger partial charge in [-0.05, 0) is 38.1 Å². The minimum atomic E-state index is -0.463. The monoisotopic (exact) mass is 350 g/mol. The van der Waals surface area contributed by atoms with Crippen molar-refractivity contribution in [3.8, 4) is 11.5 Å². The molecule has 0 atom stereocenters. The van der Waals surface area contributed by atoms with Crippen molar-refractivity contribution in [2.75, 3.05) is 6.79 Å². The largest absolute Gasteiger partial charge is 0.457 e. The summed E-state index contributed by atoms with van der Waals surface area (Å²) in [5, 5.41) is 21.5. The van der Waals surface area contributed by atoms with E-state index in [-0.39, 0.29) is 33.0 Å². The van der Waals surface area contributed by atoms with Gasteiger partial charge in [0.2, 0.25) is 6.79 Å². The number of nitro groups is 2. The van der Waals surface area contributed by atoms with E-state index in [4.69, 9.17) is 9.47 Å². The van der Waals surface area contributed by atoms with Gasteiger partial charge in [-0.3, -0.25) is 20.2 Å². The van der Waals surface area contributed by atoms with E-state index in [1.165, 1.54) is 24.3 Å². The standard InChI is InChI=1S/C15H14N2O6.2CH4/c1-10-7-12(3-5-14(10)16(18)19)22-9-23-13-4-6-15(17(20)21)11(2)8-13;;/h3-8H,9H2,1-2H3;2*1H4. The van der Waals surface area contributed by atoms with Gasteiger partial charge in [-0.25, -0.2) is 0 Å². The first kappa shape index (κ1) is 21.8. The fourth-order valence-corrected chi connectivity index (χ4v) is 2.01. The highest BCUT2D eigenvalue weighted by molar-refractivity contribution is 5.45. The van der Waals surface area contributed by atoms with Gasteiger partial charge in [0.25, 0.3) is 11.4 Å². The highest BCUT2D eigenvalue weighted by Gasteiger charge is 2.12. The molecule has 0 saturated carbocycles. The minimum absolute atomic E-state index is 0. The lowest BCUT2D eigenvalue weighted by atomic mass is 10.2. The second-order valence-corrected chi connectivity index (χ2v) is 4.82. The summed E-state index contributed by atoms with van der Waals surface area (Å²) in [6, 6.07) is 8.78. The molecule has 2 aromatic carbocycles. The molecule has 0 unspecified atom stereocenters. The van der Waals surface area contributed by atoms with Crippen LogP contribution in [0.5, 0.6) is 11.5 Å². The van der Waals surface area contributed by atoms with E-state index in [9.17, 15) is 20.2 Å². The molecular formula is C17H22N2O6. The average molecular weight is 350 g/mol. The van der Waals surface area contributed by atoms with Crippen molar-refractivity contribution in [1.82, 2.24) is 0 Å². The van der Waals surface area contributed by atoms with Crippen molar-refractivity contribution in [3.05, 3.63) is 67.8 Å².